The number of morpholine rings is 1. The van der Waals surface area contributed by atoms with Crippen molar-refractivity contribution in [2.75, 3.05) is 53.0 Å². The summed E-state index contributed by atoms with van der Waals surface area (Å²) in [6.45, 7) is 6.89. The maximum Gasteiger partial charge on any atom is 0.191 e. The Bertz CT molecular complexity index is 278. The summed E-state index contributed by atoms with van der Waals surface area (Å²) in [5.74, 6) is 1.89. The van der Waals surface area contributed by atoms with E-state index >= 15 is 0 Å². The van der Waals surface area contributed by atoms with E-state index in [0.29, 0.717) is 0 Å². The molecule has 2 rings (SSSR count). The molecule has 0 unspecified atom stereocenters. The van der Waals surface area contributed by atoms with E-state index in [1.807, 2.05) is 7.05 Å². The predicted molar refractivity (Wildman–Crippen MR) is 94.0 cm³/mol. The molecule has 6 heteroatoms. The monoisotopic (exact) mass is 396 g/mol. The van der Waals surface area contributed by atoms with Gasteiger partial charge in [0.15, 0.2) is 5.96 Å². The van der Waals surface area contributed by atoms with Crippen molar-refractivity contribution in [3.05, 3.63) is 0 Å². The molecule has 2 aliphatic rings. The molecule has 0 atom stereocenters. The number of aliphatic imine (C=N–C) groups is 1. The fraction of sp³-hybridized carbons (Fsp3) is 0.929. The third-order valence-corrected chi connectivity index (χ3v) is 4.12. The van der Waals surface area contributed by atoms with Crippen molar-refractivity contribution in [3.8, 4) is 0 Å². The zero-order valence-corrected chi connectivity index (χ0v) is 14.9. The van der Waals surface area contributed by atoms with Crippen LogP contribution in [0.15, 0.2) is 4.99 Å². The predicted octanol–water partition coefficient (Wildman–Crippen LogP) is 1.29. The molecule has 0 aromatic rings. The van der Waals surface area contributed by atoms with Crippen LogP contribution in [0.3, 0.4) is 0 Å². The van der Waals surface area contributed by atoms with Gasteiger partial charge in [0.05, 0.1) is 13.2 Å². The molecule has 0 amide bonds. The summed E-state index contributed by atoms with van der Waals surface area (Å²) in [4.78, 5) is 6.69. The topological polar surface area (TPSA) is 48.9 Å². The molecule has 1 aliphatic carbocycles. The van der Waals surface area contributed by atoms with E-state index in [4.69, 9.17) is 4.74 Å². The van der Waals surface area contributed by atoms with Crippen molar-refractivity contribution >= 4 is 29.9 Å². The minimum Gasteiger partial charge on any atom is -0.379 e. The highest BCUT2D eigenvalue weighted by Gasteiger charge is 2.16. The molecule has 5 nitrogen and oxygen atoms in total. The molecule has 118 valence electrons. The lowest BCUT2D eigenvalue weighted by molar-refractivity contribution is 0.0389. The van der Waals surface area contributed by atoms with Gasteiger partial charge in [0.2, 0.25) is 0 Å². The van der Waals surface area contributed by atoms with Crippen LogP contribution in [0, 0.1) is 5.92 Å². The van der Waals surface area contributed by atoms with Gasteiger partial charge in [0.25, 0.3) is 0 Å². The molecule has 0 aromatic heterocycles. The average molecular weight is 396 g/mol. The minimum atomic E-state index is 0. The summed E-state index contributed by atoms with van der Waals surface area (Å²) < 4.78 is 5.34. The molecule has 1 saturated carbocycles. The van der Waals surface area contributed by atoms with Gasteiger partial charge in [0.1, 0.15) is 0 Å². The molecule has 1 saturated heterocycles. The van der Waals surface area contributed by atoms with Crippen LogP contribution in [0.2, 0.25) is 0 Å². The maximum atomic E-state index is 5.34. The molecule has 0 spiro atoms. The zero-order valence-electron chi connectivity index (χ0n) is 12.6. The fourth-order valence-corrected chi connectivity index (χ4v) is 2.55. The summed E-state index contributed by atoms with van der Waals surface area (Å²) >= 11 is 0. The van der Waals surface area contributed by atoms with Crippen LogP contribution in [0.4, 0.5) is 0 Å². The molecular weight excluding hydrogens is 367 g/mol. The van der Waals surface area contributed by atoms with E-state index in [2.05, 4.69) is 20.5 Å². The third-order valence-electron chi connectivity index (χ3n) is 4.12. The number of halogens is 1. The first-order chi connectivity index (χ1) is 9.38. The van der Waals surface area contributed by atoms with E-state index in [9.17, 15) is 0 Å². The van der Waals surface area contributed by atoms with E-state index in [1.165, 1.54) is 25.7 Å². The van der Waals surface area contributed by atoms with Gasteiger partial charge in [0, 0.05) is 39.8 Å². The summed E-state index contributed by atoms with van der Waals surface area (Å²) in [5.41, 5.74) is 0. The number of rotatable bonds is 6. The molecule has 20 heavy (non-hydrogen) atoms. The molecule has 0 bridgehead atoms. The Morgan fingerprint density at radius 1 is 1.20 bits per heavy atom. The molecule has 1 aliphatic heterocycles. The standard InChI is InChI=1S/C14H28N4O.HI/c1-15-14(16-6-5-13-3-2-4-13)17-7-8-18-9-11-19-12-10-18;/h13H,2-12H2,1H3,(H2,15,16,17);1H. The number of guanidine groups is 1. The first-order valence-electron chi connectivity index (χ1n) is 7.63. The van der Waals surface area contributed by atoms with Crippen molar-refractivity contribution in [1.29, 1.82) is 0 Å². The number of nitrogens with zero attached hydrogens (tertiary/aromatic N) is 2. The second kappa shape index (κ2) is 10.6. The molecule has 0 radical (unpaired) electrons. The first kappa shape index (κ1) is 18.0. The lowest BCUT2D eigenvalue weighted by atomic mass is 9.83. The lowest BCUT2D eigenvalue weighted by Crippen LogP contribution is -2.44. The van der Waals surface area contributed by atoms with Gasteiger partial charge in [-0.2, -0.15) is 0 Å². The minimum absolute atomic E-state index is 0. The van der Waals surface area contributed by atoms with Gasteiger partial charge in [-0.1, -0.05) is 19.3 Å². The van der Waals surface area contributed by atoms with Crippen molar-refractivity contribution in [1.82, 2.24) is 15.5 Å². The molecular formula is C14H29IN4O. The van der Waals surface area contributed by atoms with Crippen LogP contribution in [-0.4, -0.2) is 63.8 Å². The normalized spacial score (nSPS) is 20.9. The van der Waals surface area contributed by atoms with E-state index in [1.54, 1.807) is 0 Å². The van der Waals surface area contributed by atoms with E-state index in [-0.39, 0.29) is 24.0 Å². The summed E-state index contributed by atoms with van der Waals surface area (Å²) in [6, 6.07) is 0. The van der Waals surface area contributed by atoms with Crippen LogP contribution in [0.25, 0.3) is 0 Å². The zero-order chi connectivity index (χ0) is 13.3. The van der Waals surface area contributed by atoms with Gasteiger partial charge in [-0.3, -0.25) is 9.89 Å². The second-order valence-corrected chi connectivity index (χ2v) is 5.47. The highest BCUT2D eigenvalue weighted by Crippen LogP contribution is 2.28. The summed E-state index contributed by atoms with van der Waals surface area (Å²) in [7, 11) is 1.84. The van der Waals surface area contributed by atoms with Crippen LogP contribution in [0.1, 0.15) is 25.7 Å². The van der Waals surface area contributed by atoms with Crippen LogP contribution >= 0.6 is 24.0 Å². The Morgan fingerprint density at radius 3 is 2.50 bits per heavy atom. The van der Waals surface area contributed by atoms with E-state index < -0.39 is 0 Å². The fourth-order valence-electron chi connectivity index (χ4n) is 2.55. The number of hydrogen-bond acceptors (Lipinski definition) is 3. The first-order valence-corrected chi connectivity index (χ1v) is 7.63. The Balaban J connectivity index is 0.00000200. The van der Waals surface area contributed by atoms with Gasteiger partial charge < -0.3 is 15.4 Å². The largest absolute Gasteiger partial charge is 0.379 e. The lowest BCUT2D eigenvalue weighted by Gasteiger charge is -2.27. The second-order valence-electron chi connectivity index (χ2n) is 5.47. The Labute approximate surface area is 139 Å². The Morgan fingerprint density at radius 2 is 1.90 bits per heavy atom. The van der Waals surface area contributed by atoms with Gasteiger partial charge >= 0.3 is 0 Å². The Kier molecular flexibility index (Phi) is 9.54. The van der Waals surface area contributed by atoms with Crippen molar-refractivity contribution in [3.63, 3.8) is 0 Å². The number of ether oxygens (including phenoxy) is 1. The molecule has 2 fully saturated rings. The van der Waals surface area contributed by atoms with Crippen molar-refractivity contribution in [2.24, 2.45) is 10.9 Å². The van der Waals surface area contributed by atoms with Crippen LogP contribution in [0.5, 0.6) is 0 Å². The number of nitrogens with one attached hydrogen (secondary N) is 2. The van der Waals surface area contributed by atoms with Gasteiger partial charge in [-0.15, -0.1) is 24.0 Å². The molecule has 1 heterocycles. The SMILES string of the molecule is CN=C(NCCC1CCC1)NCCN1CCOCC1.I. The molecule has 2 N–H and O–H groups in total. The quantitative estimate of drug-likeness (QED) is 0.404. The third kappa shape index (κ3) is 6.58. The highest BCUT2D eigenvalue weighted by atomic mass is 127. The maximum absolute atomic E-state index is 5.34. The van der Waals surface area contributed by atoms with Gasteiger partial charge in [-0.05, 0) is 12.3 Å². The smallest absolute Gasteiger partial charge is 0.191 e. The van der Waals surface area contributed by atoms with Crippen molar-refractivity contribution in [2.45, 2.75) is 25.7 Å². The average Bonchev–Trinajstić information content (AvgIpc) is 2.40. The van der Waals surface area contributed by atoms with Crippen LogP contribution < -0.4 is 10.6 Å². The Hall–Kier alpha value is -0.0800. The molecule has 0 aromatic carbocycles. The van der Waals surface area contributed by atoms with Crippen LogP contribution in [-0.2, 0) is 4.74 Å². The highest BCUT2D eigenvalue weighted by molar-refractivity contribution is 14.0. The van der Waals surface area contributed by atoms with Crippen molar-refractivity contribution < 1.29 is 4.74 Å². The number of hydrogen-bond donors (Lipinski definition) is 2. The summed E-state index contributed by atoms with van der Waals surface area (Å²) in [5, 5.41) is 6.78. The summed E-state index contributed by atoms with van der Waals surface area (Å²) in [6.07, 6.45) is 5.55. The van der Waals surface area contributed by atoms with Gasteiger partial charge in [-0.25, -0.2) is 0 Å². The van der Waals surface area contributed by atoms with E-state index in [0.717, 1.165) is 57.8 Å².